The fraction of sp³-hybridized carbons (Fsp3) is 0.750. The zero-order chi connectivity index (χ0) is 10.8. The van der Waals surface area contributed by atoms with Crippen molar-refractivity contribution in [2.24, 2.45) is 5.92 Å². The molecule has 15 heavy (non-hydrogen) atoms. The summed E-state index contributed by atoms with van der Waals surface area (Å²) in [5.41, 5.74) is 0. The van der Waals surface area contributed by atoms with Crippen LogP contribution < -0.4 is 5.32 Å². The summed E-state index contributed by atoms with van der Waals surface area (Å²) >= 11 is 0. The predicted octanol–water partition coefficient (Wildman–Crippen LogP) is 1.16. The fourth-order valence-electron chi connectivity index (χ4n) is 2.95. The molecule has 0 bridgehead atoms. The van der Waals surface area contributed by atoms with Gasteiger partial charge in [0, 0.05) is 31.6 Å². The van der Waals surface area contributed by atoms with Crippen LogP contribution in [0.4, 0.5) is 0 Å². The number of allylic oxidation sites excluding steroid dienone is 1. The smallest absolute Gasteiger partial charge is 0.223 e. The van der Waals surface area contributed by atoms with Crippen molar-refractivity contribution in [1.82, 2.24) is 10.2 Å². The summed E-state index contributed by atoms with van der Waals surface area (Å²) in [6.07, 6.45) is 4.41. The summed E-state index contributed by atoms with van der Waals surface area (Å²) in [7, 11) is 0. The molecule has 2 rings (SSSR count). The monoisotopic (exact) mass is 208 g/mol. The Morgan fingerprint density at radius 3 is 3.13 bits per heavy atom. The van der Waals surface area contributed by atoms with Gasteiger partial charge in [-0.3, -0.25) is 4.79 Å². The van der Waals surface area contributed by atoms with Crippen LogP contribution in [0.2, 0.25) is 0 Å². The topological polar surface area (TPSA) is 32.3 Å². The van der Waals surface area contributed by atoms with Crippen molar-refractivity contribution in [2.45, 2.75) is 38.3 Å². The predicted molar refractivity (Wildman–Crippen MR) is 60.5 cm³/mol. The maximum Gasteiger partial charge on any atom is 0.223 e. The van der Waals surface area contributed by atoms with Gasteiger partial charge in [-0.15, -0.1) is 6.58 Å². The largest absolute Gasteiger partial charge is 0.335 e. The third-order valence-corrected chi connectivity index (χ3v) is 3.63. The lowest BCUT2D eigenvalue weighted by atomic mass is 10.0. The summed E-state index contributed by atoms with van der Waals surface area (Å²) in [5, 5.41) is 3.37. The SMILES string of the molecule is C=CCCC(=O)N1C(C)CC2CNCC21. The minimum atomic E-state index is 0.304. The van der Waals surface area contributed by atoms with Gasteiger partial charge < -0.3 is 10.2 Å². The molecule has 1 amide bonds. The van der Waals surface area contributed by atoms with E-state index in [0.29, 0.717) is 30.3 Å². The van der Waals surface area contributed by atoms with Crippen LogP contribution in [-0.2, 0) is 4.79 Å². The molecule has 0 radical (unpaired) electrons. The summed E-state index contributed by atoms with van der Waals surface area (Å²) in [4.78, 5) is 14.1. The van der Waals surface area contributed by atoms with Crippen LogP contribution in [0.25, 0.3) is 0 Å². The molecule has 84 valence electrons. The number of fused-ring (bicyclic) bond motifs is 1. The molecular formula is C12H20N2O. The van der Waals surface area contributed by atoms with E-state index in [1.54, 1.807) is 0 Å². The summed E-state index contributed by atoms with van der Waals surface area (Å²) < 4.78 is 0. The molecule has 2 aliphatic rings. The van der Waals surface area contributed by atoms with E-state index in [9.17, 15) is 4.79 Å². The van der Waals surface area contributed by atoms with Gasteiger partial charge in [0.2, 0.25) is 5.91 Å². The van der Waals surface area contributed by atoms with Gasteiger partial charge in [0.05, 0.1) is 0 Å². The molecule has 2 fully saturated rings. The van der Waals surface area contributed by atoms with Gasteiger partial charge in [-0.2, -0.15) is 0 Å². The van der Waals surface area contributed by atoms with Crippen molar-refractivity contribution in [3.8, 4) is 0 Å². The summed E-state index contributed by atoms with van der Waals surface area (Å²) in [5.74, 6) is 0.992. The van der Waals surface area contributed by atoms with E-state index in [1.165, 1.54) is 0 Å². The quantitative estimate of drug-likeness (QED) is 0.706. The molecule has 0 aromatic rings. The van der Waals surface area contributed by atoms with Gasteiger partial charge in [0.15, 0.2) is 0 Å². The van der Waals surface area contributed by atoms with Crippen LogP contribution in [0.15, 0.2) is 12.7 Å². The second-order valence-corrected chi connectivity index (χ2v) is 4.70. The summed E-state index contributed by atoms with van der Waals surface area (Å²) in [6.45, 7) is 7.90. The minimum absolute atomic E-state index is 0.304. The molecule has 3 unspecified atom stereocenters. The first-order valence-electron chi connectivity index (χ1n) is 5.86. The molecule has 1 N–H and O–H groups in total. The molecular weight excluding hydrogens is 188 g/mol. The highest BCUT2D eigenvalue weighted by Crippen LogP contribution is 2.32. The number of hydrogen-bond donors (Lipinski definition) is 1. The molecule has 0 aliphatic carbocycles. The molecule has 0 spiro atoms. The molecule has 0 aromatic carbocycles. The van der Waals surface area contributed by atoms with E-state index in [4.69, 9.17) is 0 Å². The zero-order valence-corrected chi connectivity index (χ0v) is 9.41. The standard InChI is InChI=1S/C12H20N2O/c1-3-4-5-12(15)14-9(2)6-10-7-13-8-11(10)14/h3,9-11,13H,1,4-8H2,2H3. The van der Waals surface area contributed by atoms with Crippen molar-refractivity contribution >= 4 is 5.91 Å². The average molecular weight is 208 g/mol. The van der Waals surface area contributed by atoms with Crippen molar-refractivity contribution in [2.75, 3.05) is 13.1 Å². The van der Waals surface area contributed by atoms with Gasteiger partial charge in [0.25, 0.3) is 0 Å². The van der Waals surface area contributed by atoms with Crippen LogP contribution in [-0.4, -0.2) is 36.0 Å². The maximum absolute atomic E-state index is 12.0. The third-order valence-electron chi connectivity index (χ3n) is 3.63. The minimum Gasteiger partial charge on any atom is -0.335 e. The zero-order valence-electron chi connectivity index (χ0n) is 9.41. The van der Waals surface area contributed by atoms with E-state index in [1.807, 2.05) is 6.08 Å². The number of carbonyl (C=O) groups is 1. The van der Waals surface area contributed by atoms with E-state index in [2.05, 4.69) is 23.7 Å². The number of likely N-dealkylation sites (tertiary alicyclic amines) is 1. The average Bonchev–Trinajstić information content (AvgIpc) is 2.73. The lowest BCUT2D eigenvalue weighted by Crippen LogP contribution is -2.42. The normalized spacial score (nSPS) is 34.2. The Labute approximate surface area is 91.5 Å². The van der Waals surface area contributed by atoms with E-state index < -0.39 is 0 Å². The number of nitrogens with zero attached hydrogens (tertiary/aromatic N) is 1. The molecule has 2 aliphatic heterocycles. The van der Waals surface area contributed by atoms with Crippen molar-refractivity contribution in [3.05, 3.63) is 12.7 Å². The van der Waals surface area contributed by atoms with Gasteiger partial charge in [-0.05, 0) is 25.7 Å². The molecule has 3 heteroatoms. The Morgan fingerprint density at radius 2 is 2.40 bits per heavy atom. The number of amides is 1. The first-order chi connectivity index (χ1) is 7.24. The molecule has 3 nitrogen and oxygen atoms in total. The Kier molecular flexibility index (Phi) is 3.10. The molecule has 2 saturated heterocycles. The number of hydrogen-bond acceptors (Lipinski definition) is 2. The van der Waals surface area contributed by atoms with Crippen molar-refractivity contribution in [1.29, 1.82) is 0 Å². The Morgan fingerprint density at radius 1 is 1.60 bits per heavy atom. The molecule has 0 saturated carbocycles. The first kappa shape index (κ1) is 10.7. The van der Waals surface area contributed by atoms with Crippen LogP contribution >= 0.6 is 0 Å². The van der Waals surface area contributed by atoms with Crippen LogP contribution in [0.3, 0.4) is 0 Å². The summed E-state index contributed by atoms with van der Waals surface area (Å²) in [6, 6.07) is 0.886. The number of rotatable bonds is 3. The first-order valence-corrected chi connectivity index (χ1v) is 5.86. The lowest BCUT2D eigenvalue weighted by Gasteiger charge is -2.27. The maximum atomic E-state index is 12.0. The van der Waals surface area contributed by atoms with Crippen molar-refractivity contribution < 1.29 is 4.79 Å². The number of nitrogens with one attached hydrogen (secondary N) is 1. The van der Waals surface area contributed by atoms with E-state index in [-0.39, 0.29) is 0 Å². The van der Waals surface area contributed by atoms with E-state index in [0.717, 1.165) is 25.9 Å². The van der Waals surface area contributed by atoms with Crippen LogP contribution in [0.1, 0.15) is 26.2 Å². The molecule has 3 atom stereocenters. The van der Waals surface area contributed by atoms with Gasteiger partial charge >= 0.3 is 0 Å². The van der Waals surface area contributed by atoms with Gasteiger partial charge in [-0.25, -0.2) is 0 Å². The Bertz CT molecular complexity index is 264. The van der Waals surface area contributed by atoms with Gasteiger partial charge in [-0.1, -0.05) is 6.08 Å². The lowest BCUT2D eigenvalue weighted by molar-refractivity contribution is -0.133. The number of carbonyl (C=O) groups excluding carboxylic acids is 1. The van der Waals surface area contributed by atoms with Crippen molar-refractivity contribution in [3.63, 3.8) is 0 Å². The van der Waals surface area contributed by atoms with Gasteiger partial charge in [0.1, 0.15) is 0 Å². The second kappa shape index (κ2) is 4.35. The third kappa shape index (κ3) is 1.93. The highest BCUT2D eigenvalue weighted by atomic mass is 16.2. The Hall–Kier alpha value is -0.830. The highest BCUT2D eigenvalue weighted by Gasteiger charge is 2.43. The second-order valence-electron chi connectivity index (χ2n) is 4.70. The Balaban J connectivity index is 2.00. The van der Waals surface area contributed by atoms with Crippen LogP contribution in [0, 0.1) is 5.92 Å². The molecule has 2 heterocycles. The fourth-order valence-corrected chi connectivity index (χ4v) is 2.95. The molecule has 0 aromatic heterocycles. The van der Waals surface area contributed by atoms with Crippen LogP contribution in [0.5, 0.6) is 0 Å². The van der Waals surface area contributed by atoms with E-state index >= 15 is 0 Å². The highest BCUT2D eigenvalue weighted by molar-refractivity contribution is 5.77.